The molecule has 3 nitrogen and oxygen atoms in total. The van der Waals surface area contributed by atoms with Crippen LogP contribution in [0, 0.1) is 0 Å². The van der Waals surface area contributed by atoms with Crippen LogP contribution in [0.4, 0.5) is 0 Å². The van der Waals surface area contributed by atoms with Crippen LogP contribution >= 0.6 is 0 Å². The van der Waals surface area contributed by atoms with Gasteiger partial charge in [-0.1, -0.05) is 60.7 Å². The third kappa shape index (κ3) is 3.10. The molecule has 0 saturated carbocycles. The number of carbonyl (C=O) groups is 1. The lowest BCUT2D eigenvalue weighted by atomic mass is 9.99. The number of fused-ring (bicyclic) bond motifs is 2. The first kappa shape index (κ1) is 15.7. The van der Waals surface area contributed by atoms with E-state index in [9.17, 15) is 4.79 Å². The van der Waals surface area contributed by atoms with Gasteiger partial charge < -0.3 is 9.64 Å². The predicted molar refractivity (Wildman–Crippen MR) is 99.6 cm³/mol. The van der Waals surface area contributed by atoms with E-state index >= 15 is 0 Å². The monoisotopic (exact) mass is 331 g/mol. The topological polar surface area (TPSA) is 29.5 Å². The second-order valence-corrected chi connectivity index (χ2v) is 6.52. The summed E-state index contributed by atoms with van der Waals surface area (Å²) in [6.07, 6.45) is 0.402. The zero-order chi connectivity index (χ0) is 17.2. The summed E-state index contributed by atoms with van der Waals surface area (Å²) in [6, 6.07) is 22.4. The van der Waals surface area contributed by atoms with E-state index in [0.29, 0.717) is 6.54 Å². The highest BCUT2D eigenvalue weighted by atomic mass is 16.5. The Kier molecular flexibility index (Phi) is 4.14. The fraction of sp³-hybridized carbons (Fsp3) is 0.227. The van der Waals surface area contributed by atoms with Gasteiger partial charge in [0.1, 0.15) is 5.75 Å². The molecule has 0 aromatic heterocycles. The van der Waals surface area contributed by atoms with Crippen LogP contribution < -0.4 is 4.74 Å². The van der Waals surface area contributed by atoms with Crippen LogP contribution in [0.5, 0.6) is 5.75 Å². The van der Waals surface area contributed by atoms with Crippen LogP contribution in [0.25, 0.3) is 10.8 Å². The molecular formula is C22H21NO2. The number of nitrogens with zero attached hydrogens (tertiary/aromatic N) is 1. The quantitative estimate of drug-likeness (QED) is 0.720. The number of carbonyl (C=O) groups excluding carboxylic acids is 1. The molecule has 0 bridgehead atoms. The summed E-state index contributed by atoms with van der Waals surface area (Å²) in [6.45, 7) is 3.25. The lowest BCUT2D eigenvalue weighted by Crippen LogP contribution is -2.43. The smallest absolute Gasteiger partial charge is 0.263 e. The first-order chi connectivity index (χ1) is 12.2. The molecule has 1 heterocycles. The Bertz CT molecular complexity index is 913. The number of hydrogen-bond acceptors (Lipinski definition) is 2. The molecule has 0 radical (unpaired) electrons. The van der Waals surface area contributed by atoms with Crippen LogP contribution in [-0.4, -0.2) is 23.5 Å². The fourth-order valence-corrected chi connectivity index (χ4v) is 3.48. The van der Waals surface area contributed by atoms with Crippen molar-refractivity contribution in [2.45, 2.75) is 26.0 Å². The van der Waals surface area contributed by atoms with Crippen LogP contribution in [-0.2, 0) is 17.8 Å². The van der Waals surface area contributed by atoms with Crippen LogP contribution in [0.2, 0.25) is 0 Å². The van der Waals surface area contributed by atoms with E-state index < -0.39 is 6.10 Å². The molecule has 3 aromatic rings. The van der Waals surface area contributed by atoms with Gasteiger partial charge in [0.25, 0.3) is 5.91 Å². The first-order valence-electron chi connectivity index (χ1n) is 8.72. The number of amides is 1. The van der Waals surface area contributed by atoms with E-state index in [1.54, 1.807) is 0 Å². The summed E-state index contributed by atoms with van der Waals surface area (Å²) in [5.74, 6) is 0.804. The van der Waals surface area contributed by atoms with Gasteiger partial charge in [0.2, 0.25) is 0 Å². The van der Waals surface area contributed by atoms with Gasteiger partial charge >= 0.3 is 0 Å². The largest absolute Gasteiger partial charge is 0.480 e. The molecule has 1 aliphatic rings. The van der Waals surface area contributed by atoms with Gasteiger partial charge in [-0.25, -0.2) is 0 Å². The number of ether oxygens (including phenoxy) is 1. The molecule has 0 saturated heterocycles. The Hall–Kier alpha value is -2.81. The third-order valence-electron chi connectivity index (χ3n) is 4.84. The molecule has 0 spiro atoms. The third-order valence-corrected chi connectivity index (χ3v) is 4.84. The molecular weight excluding hydrogens is 310 g/mol. The summed E-state index contributed by atoms with van der Waals surface area (Å²) in [7, 11) is 0. The van der Waals surface area contributed by atoms with Gasteiger partial charge in [-0.2, -0.15) is 0 Å². The predicted octanol–water partition coefficient (Wildman–Crippen LogP) is 4.19. The fourth-order valence-electron chi connectivity index (χ4n) is 3.48. The van der Waals surface area contributed by atoms with Gasteiger partial charge in [0, 0.05) is 18.5 Å². The Labute approximate surface area is 147 Å². The number of hydrogen-bond donors (Lipinski definition) is 0. The number of rotatable bonds is 3. The Balaban J connectivity index is 1.51. The van der Waals surface area contributed by atoms with Crippen molar-refractivity contribution >= 4 is 16.7 Å². The summed E-state index contributed by atoms with van der Waals surface area (Å²) in [5, 5.41) is 2.15. The van der Waals surface area contributed by atoms with E-state index in [-0.39, 0.29) is 5.91 Å². The van der Waals surface area contributed by atoms with Crippen LogP contribution in [0.15, 0.2) is 66.7 Å². The van der Waals surface area contributed by atoms with Gasteiger partial charge in [0.05, 0.1) is 0 Å². The molecule has 0 unspecified atom stereocenters. The summed E-state index contributed by atoms with van der Waals surface area (Å²) >= 11 is 0. The Morgan fingerprint density at radius 2 is 1.68 bits per heavy atom. The minimum atomic E-state index is -0.504. The summed E-state index contributed by atoms with van der Waals surface area (Å²) in [5.41, 5.74) is 2.58. The number of benzene rings is 3. The van der Waals surface area contributed by atoms with E-state index in [1.807, 2.05) is 48.2 Å². The van der Waals surface area contributed by atoms with Crippen molar-refractivity contribution in [3.63, 3.8) is 0 Å². The second kappa shape index (κ2) is 6.60. The molecule has 1 aliphatic heterocycles. The summed E-state index contributed by atoms with van der Waals surface area (Å²) < 4.78 is 6.04. The van der Waals surface area contributed by atoms with Crippen molar-refractivity contribution in [3.05, 3.63) is 77.9 Å². The molecule has 3 heteroatoms. The highest BCUT2D eigenvalue weighted by Gasteiger charge is 2.26. The molecule has 0 N–H and O–H groups in total. The maximum Gasteiger partial charge on any atom is 0.263 e. The van der Waals surface area contributed by atoms with Gasteiger partial charge in [-0.15, -0.1) is 0 Å². The van der Waals surface area contributed by atoms with E-state index in [2.05, 4.69) is 30.3 Å². The average Bonchev–Trinajstić information content (AvgIpc) is 2.67. The lowest BCUT2D eigenvalue weighted by molar-refractivity contribution is -0.138. The molecule has 4 rings (SSSR count). The van der Waals surface area contributed by atoms with Crippen LogP contribution in [0.3, 0.4) is 0 Å². The normalized spacial score (nSPS) is 14.8. The standard InChI is InChI=1S/C22H21NO2/c1-16(25-21-12-6-10-18-8-4-5-11-20(18)21)22(24)23-14-13-17-7-2-3-9-19(17)15-23/h2-12,16H,13-15H2,1H3/t16-/m1/s1. The van der Waals surface area contributed by atoms with E-state index in [1.165, 1.54) is 11.1 Å². The van der Waals surface area contributed by atoms with E-state index in [4.69, 9.17) is 4.74 Å². The maximum absolute atomic E-state index is 12.8. The van der Waals surface area contributed by atoms with Crippen molar-refractivity contribution in [3.8, 4) is 5.75 Å². The molecule has 1 atom stereocenters. The summed E-state index contributed by atoms with van der Waals surface area (Å²) in [4.78, 5) is 14.8. The van der Waals surface area contributed by atoms with Gasteiger partial charge in [-0.3, -0.25) is 4.79 Å². The first-order valence-corrected chi connectivity index (χ1v) is 8.72. The zero-order valence-electron chi connectivity index (χ0n) is 14.3. The van der Waals surface area contributed by atoms with Crippen molar-refractivity contribution in [2.24, 2.45) is 0 Å². The van der Waals surface area contributed by atoms with Crippen molar-refractivity contribution < 1.29 is 9.53 Å². The highest BCUT2D eigenvalue weighted by Crippen LogP contribution is 2.27. The second-order valence-electron chi connectivity index (χ2n) is 6.52. The van der Waals surface area contributed by atoms with Crippen LogP contribution in [0.1, 0.15) is 18.1 Å². The maximum atomic E-state index is 12.8. The van der Waals surface area contributed by atoms with Crippen molar-refractivity contribution in [2.75, 3.05) is 6.54 Å². The van der Waals surface area contributed by atoms with Crippen molar-refractivity contribution in [1.29, 1.82) is 0 Å². The molecule has 0 aliphatic carbocycles. The molecule has 126 valence electrons. The van der Waals surface area contributed by atoms with Gasteiger partial charge in [-0.05, 0) is 35.9 Å². The van der Waals surface area contributed by atoms with Crippen molar-refractivity contribution in [1.82, 2.24) is 4.90 Å². The molecule has 3 aromatic carbocycles. The molecule has 25 heavy (non-hydrogen) atoms. The lowest BCUT2D eigenvalue weighted by Gasteiger charge is -2.31. The molecule has 1 amide bonds. The highest BCUT2D eigenvalue weighted by molar-refractivity contribution is 5.89. The Morgan fingerprint density at radius 3 is 2.56 bits per heavy atom. The zero-order valence-corrected chi connectivity index (χ0v) is 14.3. The Morgan fingerprint density at radius 1 is 0.960 bits per heavy atom. The minimum Gasteiger partial charge on any atom is -0.480 e. The minimum absolute atomic E-state index is 0.0439. The van der Waals surface area contributed by atoms with E-state index in [0.717, 1.165) is 29.5 Å². The molecule has 0 fully saturated rings. The van der Waals surface area contributed by atoms with Gasteiger partial charge in [0.15, 0.2) is 6.10 Å². The average molecular weight is 331 g/mol. The SMILES string of the molecule is C[C@@H](Oc1cccc2ccccc12)C(=O)N1CCc2ccccc2C1.